The van der Waals surface area contributed by atoms with Crippen LogP contribution in [-0.4, -0.2) is 68.6 Å². The first-order valence-electron chi connectivity index (χ1n) is 9.56. The Kier molecular flexibility index (Phi) is 5.15. The number of aromatic nitrogens is 4. The summed E-state index contributed by atoms with van der Waals surface area (Å²) in [7, 11) is 2.03. The Morgan fingerprint density at radius 1 is 1.29 bits per heavy atom. The summed E-state index contributed by atoms with van der Waals surface area (Å²) in [5.41, 5.74) is 5.34. The van der Waals surface area contributed by atoms with Crippen LogP contribution in [0.2, 0.25) is 0 Å². The normalized spacial score (nSPS) is 14.9. The number of fused-ring (bicyclic) bond motifs is 1. The number of amides is 1. The van der Waals surface area contributed by atoms with Gasteiger partial charge in [-0.05, 0) is 38.6 Å². The molecule has 1 amide bonds. The summed E-state index contributed by atoms with van der Waals surface area (Å²) in [5, 5.41) is 7.29. The Morgan fingerprint density at radius 3 is 2.79 bits per heavy atom. The fourth-order valence-electron chi connectivity index (χ4n) is 3.64. The molecule has 4 rings (SSSR count). The zero-order valence-corrected chi connectivity index (χ0v) is 16.6. The Balaban J connectivity index is 1.66. The molecule has 8 heteroatoms. The molecule has 8 nitrogen and oxygen atoms in total. The number of hydrogen-bond donors (Lipinski definition) is 1. The summed E-state index contributed by atoms with van der Waals surface area (Å²) in [6.07, 6.45) is 1.98. The third-order valence-corrected chi connectivity index (χ3v) is 5.06. The number of ether oxygens (including phenoxy) is 1. The fraction of sp³-hybridized carbons (Fsp3) is 0.450. The van der Waals surface area contributed by atoms with Gasteiger partial charge in [0.1, 0.15) is 5.65 Å². The van der Waals surface area contributed by atoms with Crippen molar-refractivity contribution in [3.63, 3.8) is 0 Å². The van der Waals surface area contributed by atoms with E-state index >= 15 is 0 Å². The largest absolute Gasteiger partial charge is 0.378 e. The van der Waals surface area contributed by atoms with Gasteiger partial charge in [0.25, 0.3) is 5.91 Å². The predicted octanol–water partition coefficient (Wildman–Crippen LogP) is 1.78. The molecule has 1 saturated heterocycles. The van der Waals surface area contributed by atoms with Crippen LogP contribution in [0.15, 0.2) is 24.4 Å². The molecular formula is C20H26N6O2. The fourth-order valence-corrected chi connectivity index (χ4v) is 3.64. The van der Waals surface area contributed by atoms with Crippen molar-refractivity contribution in [3.8, 4) is 0 Å². The van der Waals surface area contributed by atoms with Crippen molar-refractivity contribution in [2.24, 2.45) is 0 Å². The quantitative estimate of drug-likeness (QED) is 0.728. The molecule has 4 heterocycles. The molecule has 0 bridgehead atoms. The van der Waals surface area contributed by atoms with Crippen LogP contribution < -0.4 is 0 Å². The van der Waals surface area contributed by atoms with Crippen LogP contribution in [0.25, 0.3) is 5.65 Å². The second kappa shape index (κ2) is 7.73. The van der Waals surface area contributed by atoms with Crippen LogP contribution in [0.1, 0.15) is 33.1 Å². The third-order valence-electron chi connectivity index (χ3n) is 5.06. The van der Waals surface area contributed by atoms with Crippen molar-refractivity contribution in [2.45, 2.75) is 26.9 Å². The van der Waals surface area contributed by atoms with E-state index in [-0.39, 0.29) is 5.91 Å². The minimum Gasteiger partial charge on any atom is -0.378 e. The lowest BCUT2D eigenvalue weighted by atomic mass is 10.2. The Hall–Kier alpha value is -2.71. The number of aromatic amines is 1. The molecule has 1 N–H and O–H groups in total. The topological polar surface area (TPSA) is 78.8 Å². The van der Waals surface area contributed by atoms with Crippen molar-refractivity contribution < 1.29 is 9.53 Å². The van der Waals surface area contributed by atoms with Crippen LogP contribution in [0.3, 0.4) is 0 Å². The first-order chi connectivity index (χ1) is 13.5. The van der Waals surface area contributed by atoms with E-state index in [0.717, 1.165) is 28.3 Å². The summed E-state index contributed by atoms with van der Waals surface area (Å²) < 4.78 is 7.43. The Morgan fingerprint density at radius 2 is 2.07 bits per heavy atom. The lowest BCUT2D eigenvalue weighted by Crippen LogP contribution is -2.41. The van der Waals surface area contributed by atoms with Crippen LogP contribution in [-0.2, 0) is 17.8 Å². The highest BCUT2D eigenvalue weighted by Crippen LogP contribution is 2.20. The van der Waals surface area contributed by atoms with Gasteiger partial charge in [-0.25, -0.2) is 4.98 Å². The zero-order chi connectivity index (χ0) is 19.7. The van der Waals surface area contributed by atoms with Gasteiger partial charge in [0.05, 0.1) is 24.6 Å². The van der Waals surface area contributed by atoms with Crippen molar-refractivity contribution >= 4 is 11.6 Å². The molecule has 1 fully saturated rings. The predicted molar refractivity (Wildman–Crippen MR) is 105 cm³/mol. The first kappa shape index (κ1) is 18.6. The number of carbonyl (C=O) groups excluding carboxylic acids is 1. The number of carbonyl (C=O) groups is 1. The van der Waals surface area contributed by atoms with E-state index in [0.29, 0.717) is 45.1 Å². The van der Waals surface area contributed by atoms with Crippen LogP contribution in [0.5, 0.6) is 0 Å². The standard InChI is InChI=1S/C20H26N6O2/c1-14-5-4-6-26-17(13-24(3)12-16-11-15(2)22-23-16)18(21-19(14)26)20(27)25-7-9-28-10-8-25/h4-6,11H,7-10,12-13H2,1-3H3,(H,22,23). The SMILES string of the molecule is Cc1cc(CN(C)Cc2c(C(=O)N3CCOCC3)nc3c(C)cccn23)n[nH]1. The number of hydrogen-bond acceptors (Lipinski definition) is 5. The van der Waals surface area contributed by atoms with Gasteiger partial charge >= 0.3 is 0 Å². The van der Waals surface area contributed by atoms with Crippen molar-refractivity contribution in [1.29, 1.82) is 0 Å². The molecule has 0 aromatic carbocycles. The molecule has 148 valence electrons. The number of pyridine rings is 1. The van der Waals surface area contributed by atoms with E-state index < -0.39 is 0 Å². The van der Waals surface area contributed by atoms with E-state index in [4.69, 9.17) is 9.72 Å². The number of imidazole rings is 1. The summed E-state index contributed by atoms with van der Waals surface area (Å²) in [6.45, 7) is 7.66. The summed E-state index contributed by atoms with van der Waals surface area (Å²) in [4.78, 5) is 21.9. The highest BCUT2D eigenvalue weighted by atomic mass is 16.5. The van der Waals surface area contributed by atoms with Crippen LogP contribution >= 0.6 is 0 Å². The van der Waals surface area contributed by atoms with Gasteiger partial charge in [-0.15, -0.1) is 0 Å². The second-order valence-corrected chi connectivity index (χ2v) is 7.41. The molecule has 0 atom stereocenters. The van der Waals surface area contributed by atoms with Crippen molar-refractivity contribution in [1.82, 2.24) is 29.4 Å². The number of aryl methyl sites for hydroxylation is 2. The molecule has 0 unspecified atom stereocenters. The van der Waals surface area contributed by atoms with E-state index in [1.54, 1.807) is 0 Å². The second-order valence-electron chi connectivity index (χ2n) is 7.41. The van der Waals surface area contributed by atoms with E-state index in [9.17, 15) is 4.79 Å². The summed E-state index contributed by atoms with van der Waals surface area (Å²) >= 11 is 0. The number of rotatable bonds is 5. The maximum absolute atomic E-state index is 13.2. The molecule has 0 aliphatic carbocycles. The molecule has 0 saturated carbocycles. The maximum Gasteiger partial charge on any atom is 0.274 e. The lowest BCUT2D eigenvalue weighted by Gasteiger charge is -2.26. The number of nitrogens with one attached hydrogen (secondary N) is 1. The first-order valence-corrected chi connectivity index (χ1v) is 9.56. The highest BCUT2D eigenvalue weighted by Gasteiger charge is 2.26. The number of nitrogens with zero attached hydrogens (tertiary/aromatic N) is 5. The molecule has 1 aliphatic rings. The molecule has 28 heavy (non-hydrogen) atoms. The summed E-state index contributed by atoms with van der Waals surface area (Å²) in [5.74, 6) is -0.0228. The van der Waals surface area contributed by atoms with Crippen molar-refractivity contribution in [2.75, 3.05) is 33.4 Å². The van der Waals surface area contributed by atoms with Gasteiger partial charge < -0.3 is 14.0 Å². The minimum absolute atomic E-state index is 0.0228. The summed E-state index contributed by atoms with van der Waals surface area (Å²) in [6, 6.07) is 6.05. The maximum atomic E-state index is 13.2. The van der Waals surface area contributed by atoms with E-state index in [2.05, 4.69) is 15.1 Å². The van der Waals surface area contributed by atoms with Crippen molar-refractivity contribution in [3.05, 3.63) is 52.7 Å². The highest BCUT2D eigenvalue weighted by molar-refractivity contribution is 5.94. The van der Waals surface area contributed by atoms with Crippen LogP contribution in [0.4, 0.5) is 0 Å². The van der Waals surface area contributed by atoms with E-state index in [1.807, 2.05) is 54.6 Å². The average Bonchev–Trinajstić information content (AvgIpc) is 3.26. The van der Waals surface area contributed by atoms with Gasteiger partial charge in [0, 0.05) is 38.1 Å². The molecule has 3 aromatic rings. The smallest absolute Gasteiger partial charge is 0.274 e. The monoisotopic (exact) mass is 382 g/mol. The van der Waals surface area contributed by atoms with Gasteiger partial charge in [0.2, 0.25) is 0 Å². The molecular weight excluding hydrogens is 356 g/mol. The average molecular weight is 382 g/mol. The van der Waals surface area contributed by atoms with Gasteiger partial charge in [-0.2, -0.15) is 5.10 Å². The third kappa shape index (κ3) is 3.65. The van der Waals surface area contributed by atoms with Gasteiger partial charge in [-0.3, -0.25) is 14.8 Å². The van der Waals surface area contributed by atoms with Crippen LogP contribution in [0, 0.1) is 13.8 Å². The number of morpholine rings is 1. The molecule has 3 aromatic heterocycles. The number of H-pyrrole nitrogens is 1. The Bertz CT molecular complexity index is 986. The van der Waals surface area contributed by atoms with E-state index in [1.165, 1.54) is 0 Å². The lowest BCUT2D eigenvalue weighted by molar-refractivity contribution is 0.0298. The van der Waals surface area contributed by atoms with Gasteiger partial charge in [0.15, 0.2) is 5.69 Å². The molecule has 1 aliphatic heterocycles. The molecule has 0 radical (unpaired) electrons. The molecule has 0 spiro atoms. The minimum atomic E-state index is -0.0228. The zero-order valence-electron chi connectivity index (χ0n) is 16.6. The Labute approximate surface area is 164 Å². The van der Waals surface area contributed by atoms with Gasteiger partial charge in [-0.1, -0.05) is 6.07 Å².